The van der Waals surface area contributed by atoms with Crippen LogP contribution in [0.25, 0.3) is 16.6 Å². The third kappa shape index (κ3) is 1.80. The first-order valence-corrected chi connectivity index (χ1v) is 6.12. The number of para-hydroxylation sites is 1. The topological polar surface area (TPSA) is 75.1 Å². The lowest BCUT2D eigenvalue weighted by Crippen LogP contribution is -2.33. The van der Waals surface area contributed by atoms with Gasteiger partial charge in [-0.05, 0) is 36.8 Å². The van der Waals surface area contributed by atoms with Crippen LogP contribution >= 0.6 is 0 Å². The van der Waals surface area contributed by atoms with Crippen molar-refractivity contribution in [2.45, 2.75) is 6.92 Å². The Bertz CT molecular complexity index is 922. The Morgan fingerprint density at radius 3 is 2.60 bits per heavy atom. The Balaban J connectivity index is 2.44. The van der Waals surface area contributed by atoms with E-state index in [1.807, 2.05) is 13.0 Å². The predicted molar refractivity (Wildman–Crippen MR) is 76.6 cm³/mol. The van der Waals surface area contributed by atoms with Crippen LogP contribution in [0.5, 0.6) is 5.75 Å². The minimum absolute atomic E-state index is 0.118. The SMILES string of the molecule is Cc1cccc(-n2c(=O)[nH]c3c(O)cccc3c2=O)c1. The van der Waals surface area contributed by atoms with Crippen molar-refractivity contribution in [3.8, 4) is 11.4 Å². The largest absolute Gasteiger partial charge is 0.506 e. The summed E-state index contributed by atoms with van der Waals surface area (Å²) in [5.74, 6) is -0.118. The van der Waals surface area contributed by atoms with Crippen molar-refractivity contribution in [1.82, 2.24) is 9.55 Å². The first-order chi connectivity index (χ1) is 9.58. The van der Waals surface area contributed by atoms with E-state index in [1.165, 1.54) is 6.07 Å². The lowest BCUT2D eigenvalue weighted by molar-refractivity contribution is 0.480. The molecule has 0 amide bonds. The molecule has 20 heavy (non-hydrogen) atoms. The molecule has 0 radical (unpaired) electrons. The number of phenols is 1. The van der Waals surface area contributed by atoms with Crippen molar-refractivity contribution >= 4 is 10.9 Å². The molecule has 0 atom stereocenters. The number of aromatic amines is 1. The van der Waals surface area contributed by atoms with Crippen LogP contribution in [0.1, 0.15) is 5.56 Å². The highest BCUT2D eigenvalue weighted by atomic mass is 16.3. The lowest BCUT2D eigenvalue weighted by Gasteiger charge is -2.07. The van der Waals surface area contributed by atoms with Gasteiger partial charge in [0.2, 0.25) is 0 Å². The number of hydrogen-bond donors (Lipinski definition) is 2. The van der Waals surface area contributed by atoms with E-state index < -0.39 is 11.2 Å². The zero-order valence-corrected chi connectivity index (χ0v) is 10.8. The molecule has 0 fully saturated rings. The second-order valence-electron chi connectivity index (χ2n) is 4.61. The third-order valence-corrected chi connectivity index (χ3v) is 3.17. The molecule has 3 aromatic rings. The van der Waals surface area contributed by atoms with E-state index in [1.54, 1.807) is 30.3 Å². The van der Waals surface area contributed by atoms with Crippen LogP contribution in [0.15, 0.2) is 52.1 Å². The van der Waals surface area contributed by atoms with Crippen molar-refractivity contribution in [3.63, 3.8) is 0 Å². The summed E-state index contributed by atoms with van der Waals surface area (Å²) >= 11 is 0. The van der Waals surface area contributed by atoms with Gasteiger partial charge in [-0.2, -0.15) is 0 Å². The van der Waals surface area contributed by atoms with Crippen LogP contribution in [0.4, 0.5) is 0 Å². The summed E-state index contributed by atoms with van der Waals surface area (Å²) < 4.78 is 1.06. The van der Waals surface area contributed by atoms with E-state index in [-0.39, 0.29) is 16.7 Å². The quantitative estimate of drug-likeness (QED) is 0.705. The average Bonchev–Trinajstić information content (AvgIpc) is 2.40. The smallest absolute Gasteiger partial charge is 0.333 e. The molecule has 5 nitrogen and oxygen atoms in total. The lowest BCUT2D eigenvalue weighted by atomic mass is 10.2. The molecule has 3 rings (SSSR count). The molecule has 2 N–H and O–H groups in total. The summed E-state index contributed by atoms with van der Waals surface area (Å²) in [6.07, 6.45) is 0. The van der Waals surface area contributed by atoms with Gasteiger partial charge in [0.25, 0.3) is 5.56 Å². The first-order valence-electron chi connectivity index (χ1n) is 6.12. The Labute approximate surface area is 113 Å². The third-order valence-electron chi connectivity index (χ3n) is 3.17. The van der Waals surface area contributed by atoms with Crippen molar-refractivity contribution in [2.75, 3.05) is 0 Å². The summed E-state index contributed by atoms with van der Waals surface area (Å²) in [6.45, 7) is 1.88. The van der Waals surface area contributed by atoms with Gasteiger partial charge in [-0.25, -0.2) is 9.36 Å². The van der Waals surface area contributed by atoms with Crippen LogP contribution in [-0.2, 0) is 0 Å². The van der Waals surface area contributed by atoms with Crippen LogP contribution in [-0.4, -0.2) is 14.7 Å². The van der Waals surface area contributed by atoms with Crippen molar-refractivity contribution in [3.05, 3.63) is 68.9 Å². The zero-order valence-electron chi connectivity index (χ0n) is 10.8. The van der Waals surface area contributed by atoms with E-state index in [0.29, 0.717) is 5.69 Å². The Morgan fingerprint density at radius 2 is 1.85 bits per heavy atom. The molecule has 1 aromatic heterocycles. The fraction of sp³-hybridized carbons (Fsp3) is 0.0667. The number of hydrogen-bond acceptors (Lipinski definition) is 3. The van der Waals surface area contributed by atoms with Crippen LogP contribution in [0.2, 0.25) is 0 Å². The van der Waals surface area contributed by atoms with E-state index in [2.05, 4.69) is 4.98 Å². The van der Waals surface area contributed by atoms with Crippen molar-refractivity contribution in [2.24, 2.45) is 0 Å². The Kier molecular flexibility index (Phi) is 2.68. The van der Waals surface area contributed by atoms with Gasteiger partial charge in [0, 0.05) is 0 Å². The molecule has 5 heteroatoms. The van der Waals surface area contributed by atoms with E-state index in [4.69, 9.17) is 0 Å². The molecule has 1 heterocycles. The van der Waals surface area contributed by atoms with Crippen LogP contribution in [0, 0.1) is 6.92 Å². The molecule has 0 aliphatic rings. The van der Waals surface area contributed by atoms with Gasteiger partial charge in [-0.1, -0.05) is 18.2 Å². The molecule has 0 aliphatic heterocycles. The standard InChI is InChI=1S/C15H12N2O3/c1-9-4-2-5-10(8-9)17-14(19)11-6-3-7-12(18)13(11)16-15(17)20/h2-8,18H,1H3,(H,16,20). The van der Waals surface area contributed by atoms with E-state index in [9.17, 15) is 14.7 Å². The minimum atomic E-state index is -0.574. The molecular weight excluding hydrogens is 256 g/mol. The predicted octanol–water partition coefficient (Wildman–Crippen LogP) is 1.69. The molecule has 0 saturated heterocycles. The van der Waals surface area contributed by atoms with Gasteiger partial charge < -0.3 is 10.1 Å². The van der Waals surface area contributed by atoms with Gasteiger partial charge in [0.05, 0.1) is 16.6 Å². The molecule has 100 valence electrons. The summed E-state index contributed by atoms with van der Waals surface area (Å²) in [7, 11) is 0. The maximum atomic E-state index is 12.4. The summed E-state index contributed by atoms with van der Waals surface area (Å²) in [6, 6.07) is 11.7. The molecular formula is C15H12N2O3. The summed E-state index contributed by atoms with van der Waals surface area (Å²) in [5, 5.41) is 9.98. The van der Waals surface area contributed by atoms with Gasteiger partial charge in [0.15, 0.2) is 0 Å². The Hall–Kier alpha value is -2.82. The summed E-state index contributed by atoms with van der Waals surface area (Å²) in [5.41, 5.74) is 0.581. The number of benzene rings is 2. The molecule has 0 saturated carbocycles. The van der Waals surface area contributed by atoms with Gasteiger partial charge >= 0.3 is 5.69 Å². The van der Waals surface area contributed by atoms with E-state index >= 15 is 0 Å². The van der Waals surface area contributed by atoms with Gasteiger partial charge in [-0.3, -0.25) is 4.79 Å². The highest BCUT2D eigenvalue weighted by Gasteiger charge is 2.11. The fourth-order valence-corrected chi connectivity index (χ4v) is 2.23. The highest BCUT2D eigenvalue weighted by molar-refractivity contribution is 5.83. The number of H-pyrrole nitrogens is 1. The molecule has 0 bridgehead atoms. The minimum Gasteiger partial charge on any atom is -0.506 e. The number of aromatic hydroxyl groups is 1. The van der Waals surface area contributed by atoms with Crippen LogP contribution < -0.4 is 11.2 Å². The van der Waals surface area contributed by atoms with Gasteiger partial charge in [-0.15, -0.1) is 0 Å². The van der Waals surface area contributed by atoms with E-state index in [0.717, 1.165) is 10.1 Å². The number of fused-ring (bicyclic) bond motifs is 1. The number of nitrogens with one attached hydrogen (secondary N) is 1. The highest BCUT2D eigenvalue weighted by Crippen LogP contribution is 2.18. The normalized spacial score (nSPS) is 10.8. The summed E-state index contributed by atoms with van der Waals surface area (Å²) in [4.78, 5) is 27.1. The zero-order chi connectivity index (χ0) is 14.3. The van der Waals surface area contributed by atoms with Crippen molar-refractivity contribution < 1.29 is 5.11 Å². The number of rotatable bonds is 1. The second-order valence-corrected chi connectivity index (χ2v) is 4.61. The van der Waals surface area contributed by atoms with Gasteiger partial charge in [0.1, 0.15) is 5.75 Å². The van der Waals surface area contributed by atoms with Crippen LogP contribution in [0.3, 0.4) is 0 Å². The molecule has 0 unspecified atom stereocenters. The average molecular weight is 268 g/mol. The number of nitrogens with zero attached hydrogens (tertiary/aromatic N) is 1. The van der Waals surface area contributed by atoms with Crippen molar-refractivity contribution in [1.29, 1.82) is 0 Å². The maximum absolute atomic E-state index is 12.4. The fourth-order valence-electron chi connectivity index (χ4n) is 2.23. The molecule has 2 aromatic carbocycles. The maximum Gasteiger partial charge on any atom is 0.333 e. The number of phenolic OH excluding ortho intramolecular Hbond substituents is 1. The first kappa shape index (κ1) is 12.2. The second kappa shape index (κ2) is 4.38. The Morgan fingerprint density at radius 1 is 1.10 bits per heavy atom. The monoisotopic (exact) mass is 268 g/mol. The number of aryl methyl sites for hydroxylation is 1. The number of aromatic nitrogens is 2. The molecule has 0 aliphatic carbocycles. The molecule has 0 spiro atoms.